The van der Waals surface area contributed by atoms with E-state index in [9.17, 15) is 0 Å². The first kappa shape index (κ1) is 17.0. The molecule has 5 heteroatoms. The van der Waals surface area contributed by atoms with Gasteiger partial charge in [-0.05, 0) is 0 Å². The quantitative estimate of drug-likeness (QED) is 0.647. The van der Waals surface area contributed by atoms with Gasteiger partial charge in [-0.1, -0.05) is 41.5 Å². The maximum absolute atomic E-state index is 5.66. The number of thiazole rings is 1. The van der Waals surface area contributed by atoms with E-state index in [4.69, 9.17) is 10.8 Å². The number of aromatic nitrogens is 1. The van der Waals surface area contributed by atoms with Crippen LogP contribution in [-0.4, -0.2) is 21.5 Å². The third-order valence-electron chi connectivity index (χ3n) is 2.69. The molecule has 1 heterocycles. The number of nitrogens with zero attached hydrogens (tertiary/aromatic N) is 1. The number of hydrogen-bond acceptors (Lipinski definition) is 5. The first-order valence-corrected chi connectivity index (χ1v) is 8.53. The Hall–Kier alpha value is -0.100. The Kier molecular flexibility index (Phi) is 5.86. The van der Waals surface area contributed by atoms with Crippen LogP contribution in [0, 0.1) is 0 Å². The zero-order valence-corrected chi connectivity index (χ0v) is 14.5. The van der Waals surface area contributed by atoms with Gasteiger partial charge in [0.15, 0.2) is 0 Å². The maximum Gasteiger partial charge on any atom is 0.0944 e. The minimum Gasteiger partial charge on any atom is -0.271 e. The minimum atomic E-state index is 0.126. The normalized spacial score (nSPS) is 14.7. The Bertz CT molecular complexity index is 388. The Morgan fingerprint density at radius 3 is 2.37 bits per heavy atom. The molecular weight excluding hydrogens is 274 g/mol. The molecule has 1 aromatic heterocycles. The number of hydrogen-bond donors (Lipinski definition) is 2. The number of hydrazine groups is 1. The fraction of sp³-hybridized carbons (Fsp3) is 0.786. The smallest absolute Gasteiger partial charge is 0.0944 e. The van der Waals surface area contributed by atoms with E-state index in [1.165, 1.54) is 10.7 Å². The highest BCUT2D eigenvalue weighted by Crippen LogP contribution is 2.27. The number of thioether (sulfide) groups is 1. The van der Waals surface area contributed by atoms with Gasteiger partial charge in [0, 0.05) is 33.8 Å². The molecule has 1 atom stereocenters. The second-order valence-corrected chi connectivity index (χ2v) is 9.66. The number of nitrogens with two attached hydrogens (primary N) is 1. The van der Waals surface area contributed by atoms with Gasteiger partial charge in [-0.25, -0.2) is 4.98 Å². The molecule has 0 aliphatic carbocycles. The summed E-state index contributed by atoms with van der Waals surface area (Å²) in [6.07, 6.45) is 0.903. The van der Waals surface area contributed by atoms with Crippen LogP contribution >= 0.6 is 23.1 Å². The van der Waals surface area contributed by atoms with E-state index in [1.807, 2.05) is 11.8 Å². The first-order valence-electron chi connectivity index (χ1n) is 6.67. The highest BCUT2D eigenvalue weighted by Gasteiger charge is 2.20. The molecule has 3 nitrogen and oxygen atoms in total. The summed E-state index contributed by atoms with van der Waals surface area (Å²) in [7, 11) is 0. The van der Waals surface area contributed by atoms with Crippen molar-refractivity contribution in [2.24, 2.45) is 5.84 Å². The van der Waals surface area contributed by atoms with Crippen LogP contribution in [0.25, 0.3) is 0 Å². The second kappa shape index (κ2) is 6.57. The van der Waals surface area contributed by atoms with Crippen LogP contribution in [0.3, 0.4) is 0 Å². The molecule has 110 valence electrons. The van der Waals surface area contributed by atoms with Crippen LogP contribution in [0.1, 0.15) is 52.2 Å². The van der Waals surface area contributed by atoms with Crippen LogP contribution in [0.2, 0.25) is 0 Å². The molecule has 1 rings (SSSR count). The van der Waals surface area contributed by atoms with E-state index < -0.39 is 0 Å². The first-order chi connectivity index (χ1) is 8.62. The van der Waals surface area contributed by atoms with Gasteiger partial charge in [-0.15, -0.1) is 11.3 Å². The van der Waals surface area contributed by atoms with Gasteiger partial charge in [-0.2, -0.15) is 11.8 Å². The molecule has 0 radical (unpaired) electrons. The van der Waals surface area contributed by atoms with Crippen molar-refractivity contribution in [3.05, 3.63) is 16.1 Å². The SMILES string of the molecule is CC(C)(C)SCC(Cc1nc(C(C)(C)C)cs1)NN. The Balaban J connectivity index is 2.59. The second-order valence-electron chi connectivity index (χ2n) is 6.87. The summed E-state index contributed by atoms with van der Waals surface area (Å²) >= 11 is 3.67. The Morgan fingerprint density at radius 2 is 1.95 bits per heavy atom. The van der Waals surface area contributed by atoms with Gasteiger partial charge in [0.1, 0.15) is 0 Å². The lowest BCUT2D eigenvalue weighted by molar-refractivity contribution is 0.554. The molecule has 0 saturated heterocycles. The highest BCUT2D eigenvalue weighted by molar-refractivity contribution is 8.00. The molecular formula is C14H27N3S2. The van der Waals surface area contributed by atoms with Crippen molar-refractivity contribution in [3.8, 4) is 0 Å². The van der Waals surface area contributed by atoms with Gasteiger partial charge in [0.05, 0.1) is 10.7 Å². The average molecular weight is 302 g/mol. The molecule has 19 heavy (non-hydrogen) atoms. The fourth-order valence-corrected chi connectivity index (χ4v) is 3.49. The van der Waals surface area contributed by atoms with Crippen molar-refractivity contribution in [1.29, 1.82) is 0 Å². The summed E-state index contributed by atoms with van der Waals surface area (Å²) in [5, 5.41) is 3.34. The molecule has 3 N–H and O–H groups in total. The van der Waals surface area contributed by atoms with Crippen molar-refractivity contribution in [1.82, 2.24) is 10.4 Å². The lowest BCUT2D eigenvalue weighted by Crippen LogP contribution is -2.39. The van der Waals surface area contributed by atoms with E-state index in [-0.39, 0.29) is 16.2 Å². The summed E-state index contributed by atoms with van der Waals surface area (Å²) in [5.74, 6) is 6.66. The molecule has 0 aliphatic heterocycles. The van der Waals surface area contributed by atoms with E-state index in [0.717, 1.165) is 12.2 Å². The van der Waals surface area contributed by atoms with Crippen molar-refractivity contribution in [2.45, 2.75) is 64.2 Å². The van der Waals surface area contributed by atoms with Crippen molar-refractivity contribution >= 4 is 23.1 Å². The molecule has 1 unspecified atom stereocenters. The van der Waals surface area contributed by atoms with E-state index in [0.29, 0.717) is 0 Å². The summed E-state index contributed by atoms with van der Waals surface area (Å²) in [6.45, 7) is 13.3. The van der Waals surface area contributed by atoms with Crippen LogP contribution < -0.4 is 11.3 Å². The topological polar surface area (TPSA) is 50.9 Å². The lowest BCUT2D eigenvalue weighted by atomic mass is 9.93. The molecule has 0 aromatic carbocycles. The molecule has 0 aliphatic rings. The number of nitrogens with one attached hydrogen (secondary N) is 1. The average Bonchev–Trinajstić information content (AvgIpc) is 2.70. The zero-order chi connectivity index (χ0) is 14.7. The van der Waals surface area contributed by atoms with Crippen LogP contribution in [0.15, 0.2) is 5.38 Å². The maximum atomic E-state index is 5.66. The minimum absolute atomic E-state index is 0.126. The summed E-state index contributed by atoms with van der Waals surface area (Å²) in [5.41, 5.74) is 4.22. The van der Waals surface area contributed by atoms with Gasteiger partial charge < -0.3 is 0 Å². The molecule has 0 bridgehead atoms. The van der Waals surface area contributed by atoms with Gasteiger partial charge in [-0.3, -0.25) is 11.3 Å². The van der Waals surface area contributed by atoms with Crippen molar-refractivity contribution in [3.63, 3.8) is 0 Å². The zero-order valence-electron chi connectivity index (χ0n) is 12.9. The Labute approximate surface area is 125 Å². The van der Waals surface area contributed by atoms with Crippen molar-refractivity contribution in [2.75, 3.05) is 5.75 Å². The third kappa shape index (κ3) is 6.25. The van der Waals surface area contributed by atoms with Crippen LogP contribution in [0.5, 0.6) is 0 Å². The van der Waals surface area contributed by atoms with Gasteiger partial charge in [0.25, 0.3) is 0 Å². The molecule has 0 saturated carbocycles. The third-order valence-corrected chi connectivity index (χ3v) is 5.00. The van der Waals surface area contributed by atoms with Crippen molar-refractivity contribution < 1.29 is 0 Å². The summed E-state index contributed by atoms with van der Waals surface area (Å²) < 4.78 is 0.272. The summed E-state index contributed by atoms with van der Waals surface area (Å²) in [6, 6.07) is 0.281. The number of rotatable bonds is 5. The monoisotopic (exact) mass is 301 g/mol. The predicted octanol–water partition coefficient (Wildman–Crippen LogP) is 3.35. The van der Waals surface area contributed by atoms with Crippen LogP contribution in [-0.2, 0) is 11.8 Å². The van der Waals surface area contributed by atoms with E-state index in [1.54, 1.807) is 11.3 Å². The molecule has 1 aromatic rings. The fourth-order valence-electron chi connectivity index (χ4n) is 1.48. The largest absolute Gasteiger partial charge is 0.271 e. The lowest BCUT2D eigenvalue weighted by Gasteiger charge is -2.22. The Morgan fingerprint density at radius 1 is 1.32 bits per heavy atom. The van der Waals surface area contributed by atoms with Gasteiger partial charge >= 0.3 is 0 Å². The summed E-state index contributed by atoms with van der Waals surface area (Å²) in [4.78, 5) is 4.73. The molecule has 0 spiro atoms. The molecule has 0 fully saturated rings. The standard InChI is InChI=1S/C14H27N3S2/c1-13(2,3)11-9-18-12(16-11)7-10(17-15)8-19-14(4,5)6/h9-10,17H,7-8,15H2,1-6H3. The van der Waals surface area contributed by atoms with Gasteiger partial charge in [0.2, 0.25) is 0 Å². The van der Waals surface area contributed by atoms with E-state index in [2.05, 4.69) is 52.3 Å². The highest BCUT2D eigenvalue weighted by atomic mass is 32.2. The van der Waals surface area contributed by atoms with Crippen LogP contribution in [0.4, 0.5) is 0 Å². The molecule has 0 amide bonds. The predicted molar refractivity (Wildman–Crippen MR) is 87.8 cm³/mol. The van der Waals surface area contributed by atoms with E-state index >= 15 is 0 Å².